The summed E-state index contributed by atoms with van der Waals surface area (Å²) in [5, 5.41) is 0. The van der Waals surface area contributed by atoms with E-state index in [2.05, 4.69) is 118 Å². The number of carbonyl (C=O) groups excluding carboxylic acids is 1. The predicted octanol–water partition coefficient (Wildman–Crippen LogP) is 6.43. The Balaban J connectivity index is 1.80. The molecule has 0 atom stereocenters. The van der Waals surface area contributed by atoms with E-state index in [0.717, 1.165) is 40.3 Å². The molecular weight excluding hydrogens is 420 g/mol. The molecule has 5 heteroatoms. The van der Waals surface area contributed by atoms with Crippen molar-refractivity contribution in [3.63, 3.8) is 0 Å². The molecule has 1 aliphatic heterocycles. The van der Waals surface area contributed by atoms with Crippen molar-refractivity contribution in [1.82, 2.24) is 19.9 Å². The Morgan fingerprint density at radius 2 is 0.824 bits per heavy atom. The molecule has 0 saturated carbocycles. The quantitative estimate of drug-likeness (QED) is 0.245. The first kappa shape index (κ1) is 22.6. The van der Waals surface area contributed by atoms with Crippen molar-refractivity contribution in [2.45, 2.75) is 77.0 Å². The van der Waals surface area contributed by atoms with Gasteiger partial charge in [-0.3, -0.25) is 4.79 Å². The molecule has 4 N–H and O–H groups in total. The molecule has 0 unspecified atom stereocenters. The van der Waals surface area contributed by atoms with E-state index in [0.29, 0.717) is 5.69 Å². The zero-order valence-corrected chi connectivity index (χ0v) is 21.5. The van der Waals surface area contributed by atoms with E-state index in [9.17, 15) is 4.79 Å². The van der Waals surface area contributed by atoms with Crippen LogP contribution in [0.4, 0.5) is 0 Å². The van der Waals surface area contributed by atoms with E-state index >= 15 is 0 Å². The molecule has 0 aliphatic carbocycles. The first-order valence-corrected chi connectivity index (χ1v) is 12.1. The molecular formula is C29H36N4O. The van der Waals surface area contributed by atoms with Gasteiger partial charge in [-0.05, 0) is 89.6 Å². The van der Waals surface area contributed by atoms with Crippen LogP contribution in [-0.2, 0) is 21.7 Å². The third-order valence-electron chi connectivity index (χ3n) is 8.41. The van der Waals surface area contributed by atoms with Gasteiger partial charge in [0.1, 0.15) is 0 Å². The Labute approximate surface area is 201 Å². The first-order chi connectivity index (χ1) is 15.8. The second-order valence-electron chi connectivity index (χ2n) is 12.0. The Morgan fingerprint density at radius 1 is 0.500 bits per heavy atom. The predicted molar refractivity (Wildman–Crippen MR) is 137 cm³/mol. The molecule has 0 spiro atoms. The topological polar surface area (TPSA) is 80.2 Å². The molecule has 0 fully saturated rings. The number of H-pyrrole nitrogens is 4. The summed E-state index contributed by atoms with van der Waals surface area (Å²) in [6.07, 6.45) is 0.946. The van der Waals surface area contributed by atoms with Crippen LogP contribution in [-0.4, -0.2) is 26.2 Å². The normalized spacial score (nSPS) is 19.6. The number of aromatic nitrogens is 4. The van der Waals surface area contributed by atoms with Crippen molar-refractivity contribution in [1.29, 1.82) is 0 Å². The molecule has 1 aliphatic rings. The highest BCUT2D eigenvalue weighted by molar-refractivity contribution is 5.76. The molecule has 0 aromatic carbocycles. The molecule has 34 heavy (non-hydrogen) atoms. The summed E-state index contributed by atoms with van der Waals surface area (Å²) in [6.45, 7) is 17.7. The summed E-state index contributed by atoms with van der Waals surface area (Å²) in [4.78, 5) is 26.8. The molecule has 0 radical (unpaired) electrons. The molecule has 5 heterocycles. The minimum absolute atomic E-state index is 0.225. The lowest BCUT2D eigenvalue weighted by molar-refractivity contribution is 0.111. The fourth-order valence-electron chi connectivity index (χ4n) is 5.37. The van der Waals surface area contributed by atoms with Gasteiger partial charge < -0.3 is 19.9 Å². The van der Waals surface area contributed by atoms with Crippen molar-refractivity contribution in [3.8, 4) is 0 Å². The summed E-state index contributed by atoms with van der Waals surface area (Å²) >= 11 is 0. The number of aldehydes is 1. The zero-order chi connectivity index (χ0) is 24.7. The van der Waals surface area contributed by atoms with Crippen LogP contribution in [0.3, 0.4) is 0 Å². The van der Waals surface area contributed by atoms with Gasteiger partial charge in [0.15, 0.2) is 6.29 Å². The molecule has 0 amide bonds. The molecule has 4 aromatic heterocycles. The van der Waals surface area contributed by atoms with Crippen molar-refractivity contribution in [2.75, 3.05) is 0 Å². The average Bonchev–Trinajstić information content (AvgIpc) is 3.56. The fourth-order valence-corrected chi connectivity index (χ4v) is 5.37. The summed E-state index contributed by atoms with van der Waals surface area (Å²) in [5.41, 5.74) is 8.30. The number of fused-ring (bicyclic) bond motifs is 8. The van der Waals surface area contributed by atoms with E-state index in [1.165, 1.54) is 11.4 Å². The fraction of sp³-hybridized carbons (Fsp3) is 0.414. The smallest absolute Gasteiger partial charge is 0.166 e. The molecule has 8 bridgehead atoms. The Hall–Kier alpha value is -3.21. The minimum atomic E-state index is -0.379. The molecule has 178 valence electrons. The van der Waals surface area contributed by atoms with Crippen LogP contribution in [0.2, 0.25) is 0 Å². The Bertz CT molecular complexity index is 1380. The second kappa shape index (κ2) is 6.91. The number of rotatable bonds is 1. The summed E-state index contributed by atoms with van der Waals surface area (Å²) < 4.78 is 0. The van der Waals surface area contributed by atoms with Gasteiger partial charge in [-0.2, -0.15) is 0 Å². The van der Waals surface area contributed by atoms with Crippen molar-refractivity contribution >= 4 is 6.29 Å². The van der Waals surface area contributed by atoms with Gasteiger partial charge in [0, 0.05) is 61.5 Å². The Kier molecular flexibility index (Phi) is 4.59. The van der Waals surface area contributed by atoms with Crippen LogP contribution in [0.1, 0.15) is 111 Å². The highest BCUT2D eigenvalue weighted by Gasteiger charge is 2.37. The second-order valence-corrected chi connectivity index (χ2v) is 12.0. The number of aromatic amines is 4. The van der Waals surface area contributed by atoms with Gasteiger partial charge in [0.05, 0.1) is 5.69 Å². The highest BCUT2D eigenvalue weighted by atomic mass is 16.1. The summed E-state index contributed by atoms with van der Waals surface area (Å²) in [5.74, 6) is 0. The number of hydrogen-bond acceptors (Lipinski definition) is 1. The van der Waals surface area contributed by atoms with Gasteiger partial charge in [0.2, 0.25) is 0 Å². The lowest BCUT2D eigenvalue weighted by Gasteiger charge is -2.28. The minimum Gasteiger partial charge on any atom is -0.361 e. The summed E-state index contributed by atoms with van der Waals surface area (Å²) in [6, 6.07) is 15.3. The SMILES string of the molecule is CC1(C)c2ccc([nH]2)C(C)(C)c2ccc([nH]2)C(C)(C)c2cc([nH]c2C=O)C(C)(C)c2ccc1[nH]2. The van der Waals surface area contributed by atoms with Crippen LogP contribution in [0, 0.1) is 0 Å². The monoisotopic (exact) mass is 456 g/mol. The van der Waals surface area contributed by atoms with E-state index in [1.54, 1.807) is 0 Å². The largest absolute Gasteiger partial charge is 0.361 e. The van der Waals surface area contributed by atoms with Gasteiger partial charge >= 0.3 is 0 Å². The van der Waals surface area contributed by atoms with Gasteiger partial charge in [-0.15, -0.1) is 0 Å². The van der Waals surface area contributed by atoms with Crippen molar-refractivity contribution < 1.29 is 4.79 Å². The van der Waals surface area contributed by atoms with Crippen LogP contribution >= 0.6 is 0 Å². The molecule has 0 saturated heterocycles. The van der Waals surface area contributed by atoms with Crippen molar-refractivity contribution in [2.24, 2.45) is 0 Å². The lowest BCUT2D eigenvalue weighted by atomic mass is 9.80. The van der Waals surface area contributed by atoms with Gasteiger partial charge in [-0.1, -0.05) is 13.8 Å². The van der Waals surface area contributed by atoms with E-state index in [4.69, 9.17) is 0 Å². The highest BCUT2D eigenvalue weighted by Crippen LogP contribution is 2.41. The third kappa shape index (κ3) is 3.02. The van der Waals surface area contributed by atoms with E-state index < -0.39 is 0 Å². The maximum Gasteiger partial charge on any atom is 0.166 e. The van der Waals surface area contributed by atoms with E-state index in [1.807, 2.05) is 0 Å². The number of carbonyl (C=O) groups is 1. The maximum absolute atomic E-state index is 12.2. The van der Waals surface area contributed by atoms with Crippen LogP contribution in [0.5, 0.6) is 0 Å². The Morgan fingerprint density at radius 3 is 1.18 bits per heavy atom. The average molecular weight is 457 g/mol. The zero-order valence-electron chi connectivity index (χ0n) is 21.5. The van der Waals surface area contributed by atoms with Crippen molar-refractivity contribution in [3.05, 3.63) is 93.6 Å². The van der Waals surface area contributed by atoms with E-state index in [-0.39, 0.29) is 21.7 Å². The number of nitrogens with one attached hydrogen (secondary N) is 4. The van der Waals surface area contributed by atoms with Gasteiger partial charge in [0.25, 0.3) is 0 Å². The molecule has 4 aromatic rings. The number of hydrogen-bond donors (Lipinski definition) is 4. The molecule has 5 nitrogen and oxygen atoms in total. The van der Waals surface area contributed by atoms with Crippen LogP contribution in [0.25, 0.3) is 0 Å². The van der Waals surface area contributed by atoms with Gasteiger partial charge in [-0.25, -0.2) is 0 Å². The first-order valence-electron chi connectivity index (χ1n) is 12.1. The van der Waals surface area contributed by atoms with Crippen LogP contribution in [0.15, 0.2) is 42.5 Å². The molecule has 5 rings (SSSR count). The van der Waals surface area contributed by atoms with Crippen LogP contribution < -0.4 is 0 Å². The summed E-state index contributed by atoms with van der Waals surface area (Å²) in [7, 11) is 0. The standard InChI is InChI=1S/C29H36N4O/c1-26(2)17-15-25(30-18(17)16-34)29(7,8)24-14-13-23(33-24)28(5,6)22-12-11-21(32-22)27(3,4)20-10-9-19(26)31-20/h9-16,30-33H,1-8H3. The maximum atomic E-state index is 12.2. The lowest BCUT2D eigenvalue weighted by Crippen LogP contribution is -2.25. The third-order valence-corrected chi connectivity index (χ3v) is 8.41.